The predicted molar refractivity (Wildman–Crippen MR) is 73.6 cm³/mol. The number of sulfonamides is 1. The van der Waals surface area contributed by atoms with Crippen molar-refractivity contribution in [2.24, 2.45) is 0 Å². The summed E-state index contributed by atoms with van der Waals surface area (Å²) in [4.78, 5) is 14.9. The third-order valence-electron chi connectivity index (χ3n) is 2.44. The molecule has 0 aliphatic heterocycles. The van der Waals surface area contributed by atoms with Crippen LogP contribution in [0.2, 0.25) is 0 Å². The standard InChI is InChI=1S/C12H16N4O4S/c1-20-8-7-15-12(17)4-6-16-21(18,19)11-3-2-5-14-10(11)9-13/h2-3,5,16H,4,6-8H2,1H3,(H,15,17). The molecule has 9 heteroatoms. The maximum atomic E-state index is 12.0. The first kappa shape index (κ1) is 17.0. The van der Waals surface area contributed by atoms with E-state index < -0.39 is 10.0 Å². The van der Waals surface area contributed by atoms with Gasteiger partial charge in [-0.25, -0.2) is 18.1 Å². The van der Waals surface area contributed by atoms with Crippen LogP contribution in [-0.4, -0.2) is 46.1 Å². The molecule has 1 aromatic heterocycles. The lowest BCUT2D eigenvalue weighted by atomic mass is 10.4. The van der Waals surface area contributed by atoms with Gasteiger partial charge in [0, 0.05) is 32.8 Å². The van der Waals surface area contributed by atoms with Crippen LogP contribution in [0.25, 0.3) is 0 Å². The molecular weight excluding hydrogens is 296 g/mol. The van der Waals surface area contributed by atoms with Crippen LogP contribution in [0.3, 0.4) is 0 Å². The summed E-state index contributed by atoms with van der Waals surface area (Å²) in [6.07, 6.45) is 1.33. The zero-order valence-corrected chi connectivity index (χ0v) is 12.3. The lowest BCUT2D eigenvalue weighted by Gasteiger charge is -2.08. The molecular formula is C12H16N4O4S. The van der Waals surface area contributed by atoms with Crippen molar-refractivity contribution in [2.75, 3.05) is 26.8 Å². The summed E-state index contributed by atoms with van der Waals surface area (Å²) in [5.41, 5.74) is -0.186. The van der Waals surface area contributed by atoms with E-state index in [1.54, 1.807) is 6.07 Å². The van der Waals surface area contributed by atoms with Gasteiger partial charge in [-0.1, -0.05) is 0 Å². The van der Waals surface area contributed by atoms with E-state index in [4.69, 9.17) is 10.00 Å². The average Bonchev–Trinajstić information content (AvgIpc) is 2.47. The van der Waals surface area contributed by atoms with Crippen molar-refractivity contribution in [3.05, 3.63) is 24.0 Å². The van der Waals surface area contributed by atoms with Crippen LogP contribution in [0, 0.1) is 11.3 Å². The Morgan fingerprint density at radius 1 is 1.48 bits per heavy atom. The predicted octanol–water partition coefficient (Wildman–Crippen LogP) is -0.616. The van der Waals surface area contributed by atoms with E-state index in [1.807, 2.05) is 0 Å². The van der Waals surface area contributed by atoms with Crippen LogP contribution in [0.1, 0.15) is 12.1 Å². The quantitative estimate of drug-likeness (QED) is 0.617. The molecule has 1 heterocycles. The Labute approximate surface area is 123 Å². The molecule has 0 bridgehead atoms. The van der Waals surface area contributed by atoms with Crippen molar-refractivity contribution in [2.45, 2.75) is 11.3 Å². The van der Waals surface area contributed by atoms with Crippen molar-refractivity contribution in [1.82, 2.24) is 15.0 Å². The number of nitrogens with zero attached hydrogens (tertiary/aromatic N) is 2. The minimum atomic E-state index is -3.86. The Morgan fingerprint density at radius 3 is 2.90 bits per heavy atom. The summed E-state index contributed by atoms with van der Waals surface area (Å²) in [7, 11) is -2.35. The fourth-order valence-electron chi connectivity index (χ4n) is 1.45. The van der Waals surface area contributed by atoms with Crippen LogP contribution in [0.4, 0.5) is 0 Å². The van der Waals surface area contributed by atoms with E-state index >= 15 is 0 Å². The van der Waals surface area contributed by atoms with E-state index in [1.165, 1.54) is 25.4 Å². The van der Waals surface area contributed by atoms with Gasteiger partial charge in [0.1, 0.15) is 11.0 Å². The molecule has 0 aromatic carbocycles. The van der Waals surface area contributed by atoms with Crippen LogP contribution in [0.15, 0.2) is 23.2 Å². The first-order valence-electron chi connectivity index (χ1n) is 6.11. The third kappa shape index (κ3) is 5.47. The molecule has 2 N–H and O–H groups in total. The van der Waals surface area contributed by atoms with Crippen molar-refractivity contribution >= 4 is 15.9 Å². The molecule has 0 saturated heterocycles. The molecule has 0 saturated carbocycles. The van der Waals surface area contributed by atoms with Crippen LogP contribution in [-0.2, 0) is 19.6 Å². The van der Waals surface area contributed by atoms with E-state index in [9.17, 15) is 13.2 Å². The van der Waals surface area contributed by atoms with Gasteiger partial charge < -0.3 is 10.1 Å². The van der Waals surface area contributed by atoms with Gasteiger partial charge >= 0.3 is 0 Å². The minimum Gasteiger partial charge on any atom is -0.383 e. The Kier molecular flexibility index (Phi) is 6.74. The monoisotopic (exact) mass is 312 g/mol. The van der Waals surface area contributed by atoms with Gasteiger partial charge in [-0.05, 0) is 12.1 Å². The molecule has 114 valence electrons. The zero-order chi connectivity index (χ0) is 15.7. The lowest BCUT2D eigenvalue weighted by molar-refractivity contribution is -0.121. The number of carbonyl (C=O) groups excluding carboxylic acids is 1. The first-order valence-corrected chi connectivity index (χ1v) is 7.60. The maximum Gasteiger partial charge on any atom is 0.243 e. The third-order valence-corrected chi connectivity index (χ3v) is 3.93. The number of amides is 1. The number of carbonyl (C=O) groups is 1. The fourth-order valence-corrected chi connectivity index (χ4v) is 2.59. The lowest BCUT2D eigenvalue weighted by Crippen LogP contribution is -2.32. The second kappa shape index (κ2) is 8.31. The zero-order valence-electron chi connectivity index (χ0n) is 11.5. The molecule has 0 aliphatic rings. The topological polar surface area (TPSA) is 121 Å². The van der Waals surface area contributed by atoms with Crippen LogP contribution >= 0.6 is 0 Å². The molecule has 0 fully saturated rings. The van der Waals surface area contributed by atoms with Gasteiger partial charge in [-0.3, -0.25) is 4.79 Å². The molecule has 0 radical (unpaired) electrons. The Bertz CT molecular complexity index is 624. The van der Waals surface area contributed by atoms with Gasteiger partial charge in [-0.15, -0.1) is 0 Å². The van der Waals surface area contributed by atoms with Gasteiger partial charge in [0.05, 0.1) is 6.61 Å². The SMILES string of the molecule is COCCNC(=O)CCNS(=O)(=O)c1cccnc1C#N. The fraction of sp³-hybridized carbons (Fsp3) is 0.417. The molecule has 21 heavy (non-hydrogen) atoms. The van der Waals surface area contributed by atoms with E-state index in [0.29, 0.717) is 13.2 Å². The molecule has 1 rings (SSSR count). The number of hydrogen-bond acceptors (Lipinski definition) is 6. The highest BCUT2D eigenvalue weighted by atomic mass is 32.2. The van der Waals surface area contributed by atoms with Gasteiger partial charge in [0.15, 0.2) is 5.69 Å². The van der Waals surface area contributed by atoms with Crippen molar-refractivity contribution < 1.29 is 17.9 Å². The first-order chi connectivity index (χ1) is 10.0. The highest BCUT2D eigenvalue weighted by Gasteiger charge is 2.18. The number of aromatic nitrogens is 1. The van der Waals surface area contributed by atoms with E-state index in [2.05, 4.69) is 15.0 Å². The molecule has 1 aromatic rings. The molecule has 0 unspecified atom stereocenters. The normalized spacial score (nSPS) is 10.9. The molecule has 0 spiro atoms. The summed E-state index contributed by atoms with van der Waals surface area (Å²) in [6, 6.07) is 4.42. The highest BCUT2D eigenvalue weighted by molar-refractivity contribution is 7.89. The van der Waals surface area contributed by atoms with Crippen LogP contribution in [0.5, 0.6) is 0 Å². The smallest absolute Gasteiger partial charge is 0.243 e. The highest BCUT2D eigenvalue weighted by Crippen LogP contribution is 2.11. The number of hydrogen-bond donors (Lipinski definition) is 2. The van der Waals surface area contributed by atoms with Gasteiger partial charge in [0.2, 0.25) is 15.9 Å². The number of rotatable bonds is 8. The molecule has 0 atom stereocenters. The Morgan fingerprint density at radius 2 is 2.24 bits per heavy atom. The Balaban J connectivity index is 2.55. The molecule has 1 amide bonds. The van der Waals surface area contributed by atoms with E-state index in [-0.39, 0.29) is 29.5 Å². The summed E-state index contributed by atoms with van der Waals surface area (Å²) < 4.78 is 31.0. The van der Waals surface area contributed by atoms with Crippen molar-refractivity contribution in [3.63, 3.8) is 0 Å². The number of pyridine rings is 1. The molecule has 0 aliphatic carbocycles. The summed E-state index contributed by atoms with van der Waals surface area (Å²) in [5.74, 6) is -0.290. The van der Waals surface area contributed by atoms with Crippen LogP contribution < -0.4 is 10.0 Å². The maximum absolute atomic E-state index is 12.0. The van der Waals surface area contributed by atoms with Gasteiger partial charge in [0.25, 0.3) is 0 Å². The second-order valence-electron chi connectivity index (χ2n) is 3.95. The van der Waals surface area contributed by atoms with Crippen molar-refractivity contribution in [1.29, 1.82) is 5.26 Å². The average molecular weight is 312 g/mol. The summed E-state index contributed by atoms with van der Waals surface area (Å²) >= 11 is 0. The summed E-state index contributed by atoms with van der Waals surface area (Å²) in [6.45, 7) is 0.683. The van der Waals surface area contributed by atoms with Crippen molar-refractivity contribution in [3.8, 4) is 6.07 Å². The minimum absolute atomic E-state index is 0.00884. The summed E-state index contributed by atoms with van der Waals surface area (Å²) in [5, 5.41) is 11.4. The van der Waals surface area contributed by atoms with Gasteiger partial charge in [-0.2, -0.15) is 5.26 Å². The molecule has 8 nitrogen and oxygen atoms in total. The van der Waals surface area contributed by atoms with E-state index in [0.717, 1.165) is 0 Å². The number of ether oxygens (including phenoxy) is 1. The largest absolute Gasteiger partial charge is 0.383 e. The number of methoxy groups -OCH3 is 1. The second-order valence-corrected chi connectivity index (χ2v) is 5.69. The number of nitriles is 1. The number of nitrogens with one attached hydrogen (secondary N) is 2. The Hall–Kier alpha value is -2.02.